The predicted molar refractivity (Wildman–Crippen MR) is 106 cm³/mol. The third-order valence-electron chi connectivity index (χ3n) is 4.48. The number of carbonyl (C=O) groups is 1. The van der Waals surface area contributed by atoms with Gasteiger partial charge in [-0.15, -0.1) is 0 Å². The van der Waals surface area contributed by atoms with E-state index in [-0.39, 0.29) is 5.56 Å². The SMILES string of the molecule is COc1ccc(C(=O)Nc2ccc(-c3cn4ccc(C)cc4n3)cc2)c(F)c1. The summed E-state index contributed by atoms with van der Waals surface area (Å²) >= 11 is 0. The van der Waals surface area contributed by atoms with E-state index >= 15 is 0 Å². The third-order valence-corrected chi connectivity index (χ3v) is 4.48. The van der Waals surface area contributed by atoms with Gasteiger partial charge in [-0.2, -0.15) is 0 Å². The number of anilines is 1. The Morgan fingerprint density at radius 3 is 2.61 bits per heavy atom. The number of ether oxygens (including phenoxy) is 1. The molecule has 0 saturated carbocycles. The summed E-state index contributed by atoms with van der Waals surface area (Å²) in [5.74, 6) is -0.786. The van der Waals surface area contributed by atoms with Crippen LogP contribution in [0.3, 0.4) is 0 Å². The van der Waals surface area contributed by atoms with Crippen LogP contribution in [0, 0.1) is 12.7 Å². The molecule has 6 heteroatoms. The van der Waals surface area contributed by atoms with Crippen molar-refractivity contribution >= 4 is 17.2 Å². The van der Waals surface area contributed by atoms with E-state index in [2.05, 4.69) is 10.3 Å². The van der Waals surface area contributed by atoms with E-state index in [9.17, 15) is 9.18 Å². The fourth-order valence-electron chi connectivity index (χ4n) is 2.95. The second kappa shape index (κ2) is 7.15. The predicted octanol–water partition coefficient (Wildman–Crippen LogP) is 4.71. The molecule has 0 radical (unpaired) electrons. The number of hydrogen-bond acceptors (Lipinski definition) is 3. The summed E-state index contributed by atoms with van der Waals surface area (Å²) in [5, 5.41) is 2.70. The van der Waals surface area contributed by atoms with Crippen LogP contribution in [-0.4, -0.2) is 22.4 Å². The molecule has 28 heavy (non-hydrogen) atoms. The molecule has 0 atom stereocenters. The summed E-state index contributed by atoms with van der Waals surface area (Å²) in [6, 6.07) is 15.4. The number of imidazole rings is 1. The number of fused-ring (bicyclic) bond motifs is 1. The first-order valence-corrected chi connectivity index (χ1v) is 8.74. The van der Waals surface area contributed by atoms with Crippen molar-refractivity contribution in [3.05, 3.63) is 83.9 Å². The van der Waals surface area contributed by atoms with Crippen molar-refractivity contribution in [3.63, 3.8) is 0 Å². The van der Waals surface area contributed by atoms with Gasteiger partial charge in [0.2, 0.25) is 0 Å². The molecule has 0 aliphatic carbocycles. The van der Waals surface area contributed by atoms with Gasteiger partial charge in [0.25, 0.3) is 5.91 Å². The smallest absolute Gasteiger partial charge is 0.258 e. The summed E-state index contributed by atoms with van der Waals surface area (Å²) in [5.41, 5.74) is 4.32. The topological polar surface area (TPSA) is 55.6 Å². The standard InChI is InChI=1S/C22H18FN3O2/c1-14-9-10-26-13-20(25-21(26)11-14)15-3-5-16(6-4-15)24-22(27)18-8-7-17(28-2)12-19(18)23/h3-13H,1-2H3,(H,24,27). The van der Waals surface area contributed by atoms with E-state index in [1.54, 1.807) is 18.2 Å². The Labute approximate surface area is 161 Å². The first kappa shape index (κ1) is 17.7. The Morgan fingerprint density at radius 2 is 1.89 bits per heavy atom. The number of hydrogen-bond donors (Lipinski definition) is 1. The van der Waals surface area contributed by atoms with E-state index in [1.807, 2.05) is 48.0 Å². The lowest BCUT2D eigenvalue weighted by molar-refractivity contribution is 0.102. The number of aromatic nitrogens is 2. The third kappa shape index (κ3) is 3.44. The number of aryl methyl sites for hydroxylation is 1. The molecule has 1 amide bonds. The highest BCUT2D eigenvalue weighted by Gasteiger charge is 2.13. The zero-order chi connectivity index (χ0) is 19.7. The first-order valence-electron chi connectivity index (χ1n) is 8.74. The van der Waals surface area contributed by atoms with Crippen LogP contribution < -0.4 is 10.1 Å². The fourth-order valence-corrected chi connectivity index (χ4v) is 2.95. The van der Waals surface area contributed by atoms with Crippen LogP contribution in [0.25, 0.3) is 16.9 Å². The summed E-state index contributed by atoms with van der Waals surface area (Å²) in [6.07, 6.45) is 3.92. The quantitative estimate of drug-likeness (QED) is 0.562. The maximum atomic E-state index is 14.1. The van der Waals surface area contributed by atoms with Crippen LogP contribution in [0.2, 0.25) is 0 Å². The zero-order valence-electron chi connectivity index (χ0n) is 15.4. The van der Waals surface area contributed by atoms with Gasteiger partial charge in [-0.3, -0.25) is 4.79 Å². The summed E-state index contributed by atoms with van der Waals surface area (Å²) < 4.78 is 21.0. The van der Waals surface area contributed by atoms with Crippen LogP contribution in [0.15, 0.2) is 67.0 Å². The lowest BCUT2D eigenvalue weighted by Gasteiger charge is -2.08. The molecule has 2 heterocycles. The van der Waals surface area contributed by atoms with Gasteiger partial charge in [0.1, 0.15) is 17.2 Å². The second-order valence-electron chi connectivity index (χ2n) is 6.47. The summed E-state index contributed by atoms with van der Waals surface area (Å²) in [6.45, 7) is 2.03. The van der Waals surface area contributed by atoms with Crippen LogP contribution >= 0.6 is 0 Å². The van der Waals surface area contributed by atoms with Crippen molar-refractivity contribution in [3.8, 4) is 17.0 Å². The lowest BCUT2D eigenvalue weighted by Crippen LogP contribution is -2.13. The number of amides is 1. The van der Waals surface area contributed by atoms with Crippen molar-refractivity contribution in [2.24, 2.45) is 0 Å². The van der Waals surface area contributed by atoms with Crippen LogP contribution in [0.1, 0.15) is 15.9 Å². The molecule has 0 spiro atoms. The molecule has 0 aliphatic heterocycles. The number of halogens is 1. The molecule has 5 nitrogen and oxygen atoms in total. The Bertz CT molecular complexity index is 1170. The van der Waals surface area contributed by atoms with Crippen molar-refractivity contribution in [2.45, 2.75) is 6.92 Å². The maximum Gasteiger partial charge on any atom is 0.258 e. The molecule has 1 N–H and O–H groups in total. The fraction of sp³-hybridized carbons (Fsp3) is 0.0909. The minimum atomic E-state index is -0.631. The number of methoxy groups -OCH3 is 1. The number of rotatable bonds is 4. The van der Waals surface area contributed by atoms with E-state index in [0.717, 1.165) is 22.5 Å². The second-order valence-corrected chi connectivity index (χ2v) is 6.47. The number of benzene rings is 2. The van der Waals surface area contributed by atoms with Gasteiger partial charge >= 0.3 is 0 Å². The highest BCUT2D eigenvalue weighted by atomic mass is 19.1. The zero-order valence-corrected chi connectivity index (χ0v) is 15.4. The summed E-state index contributed by atoms with van der Waals surface area (Å²) in [7, 11) is 1.44. The number of nitrogens with one attached hydrogen (secondary N) is 1. The van der Waals surface area contributed by atoms with Gasteiger partial charge in [-0.1, -0.05) is 12.1 Å². The molecule has 0 bridgehead atoms. The molecular weight excluding hydrogens is 357 g/mol. The monoisotopic (exact) mass is 375 g/mol. The van der Waals surface area contributed by atoms with Crippen LogP contribution in [0.5, 0.6) is 5.75 Å². The van der Waals surface area contributed by atoms with Crippen molar-refractivity contribution in [1.29, 1.82) is 0 Å². The molecule has 0 saturated heterocycles. The molecule has 140 valence electrons. The molecule has 2 aromatic heterocycles. The average Bonchev–Trinajstić information content (AvgIpc) is 3.11. The van der Waals surface area contributed by atoms with Gasteiger partial charge in [0.15, 0.2) is 0 Å². The van der Waals surface area contributed by atoms with Crippen LogP contribution in [0.4, 0.5) is 10.1 Å². The molecule has 2 aromatic carbocycles. The minimum Gasteiger partial charge on any atom is -0.497 e. The van der Waals surface area contributed by atoms with Crippen molar-refractivity contribution in [2.75, 3.05) is 12.4 Å². The normalized spacial score (nSPS) is 10.8. The molecule has 0 aliphatic rings. The van der Waals surface area contributed by atoms with Gasteiger partial charge in [-0.25, -0.2) is 9.37 Å². The molecule has 0 unspecified atom stereocenters. The highest BCUT2D eigenvalue weighted by Crippen LogP contribution is 2.23. The minimum absolute atomic E-state index is 0.0411. The van der Waals surface area contributed by atoms with Gasteiger partial charge < -0.3 is 14.5 Å². The first-order chi connectivity index (χ1) is 13.5. The van der Waals surface area contributed by atoms with E-state index in [0.29, 0.717) is 11.4 Å². The average molecular weight is 375 g/mol. The van der Waals surface area contributed by atoms with Crippen LogP contribution in [-0.2, 0) is 0 Å². The molecule has 4 rings (SSSR count). The largest absolute Gasteiger partial charge is 0.497 e. The molecular formula is C22H18FN3O2. The van der Waals surface area contributed by atoms with Crippen molar-refractivity contribution in [1.82, 2.24) is 9.38 Å². The summed E-state index contributed by atoms with van der Waals surface area (Å²) in [4.78, 5) is 17.0. The van der Waals surface area contributed by atoms with Gasteiger partial charge in [-0.05, 0) is 48.9 Å². The molecule has 4 aromatic rings. The number of carbonyl (C=O) groups excluding carboxylic acids is 1. The Hall–Kier alpha value is -3.67. The van der Waals surface area contributed by atoms with Gasteiger partial charge in [0, 0.05) is 29.7 Å². The van der Waals surface area contributed by atoms with E-state index < -0.39 is 11.7 Å². The van der Waals surface area contributed by atoms with E-state index in [1.165, 1.54) is 19.2 Å². The number of nitrogens with zero attached hydrogens (tertiary/aromatic N) is 2. The Balaban J connectivity index is 1.53. The van der Waals surface area contributed by atoms with Gasteiger partial charge in [0.05, 0.1) is 18.4 Å². The highest BCUT2D eigenvalue weighted by molar-refractivity contribution is 6.04. The van der Waals surface area contributed by atoms with E-state index in [4.69, 9.17) is 4.74 Å². The maximum absolute atomic E-state index is 14.1. The number of pyridine rings is 1. The van der Waals surface area contributed by atoms with Crippen molar-refractivity contribution < 1.29 is 13.9 Å². The Morgan fingerprint density at radius 1 is 1.11 bits per heavy atom. The molecule has 0 fully saturated rings. The Kier molecular flexibility index (Phi) is 4.53. The lowest BCUT2D eigenvalue weighted by atomic mass is 10.1.